The van der Waals surface area contributed by atoms with E-state index in [1.807, 2.05) is 48.5 Å². The van der Waals surface area contributed by atoms with Gasteiger partial charge in [-0.1, -0.05) is 48.5 Å². The number of methoxy groups -OCH3 is 1. The summed E-state index contributed by atoms with van der Waals surface area (Å²) in [7, 11) is 1.29. The quantitative estimate of drug-likeness (QED) is 0.290. The molecule has 0 radical (unpaired) electrons. The third-order valence-electron chi connectivity index (χ3n) is 7.83. The van der Waals surface area contributed by atoms with E-state index in [-0.39, 0.29) is 18.9 Å². The fourth-order valence-electron chi connectivity index (χ4n) is 6.19. The molecule has 0 unspecified atom stereocenters. The number of nitrogens with one attached hydrogen (secondary N) is 1. The van der Waals surface area contributed by atoms with Crippen molar-refractivity contribution in [3.05, 3.63) is 101 Å². The van der Waals surface area contributed by atoms with Gasteiger partial charge in [-0.25, -0.2) is 4.79 Å². The molecule has 0 aromatic heterocycles. The molecule has 1 heterocycles. The highest BCUT2D eigenvalue weighted by Crippen LogP contribution is 2.69. The number of carbonyl (C=O) groups is 4. The molecule has 0 saturated carbocycles. The SMILES string of the molecule is COC(=O)c1ccc(NC(=O)CCN2C(=O)[C@H]3[C@H](C2=O)C2(Cl)c4ccccc4C3(Cl)c3ccccc32)cc1. The highest BCUT2D eigenvalue weighted by molar-refractivity contribution is 6.36. The van der Waals surface area contributed by atoms with Crippen molar-refractivity contribution in [3.8, 4) is 0 Å². The average Bonchev–Trinajstić information content (AvgIpc) is 3.20. The minimum absolute atomic E-state index is 0.108. The van der Waals surface area contributed by atoms with Crippen molar-refractivity contribution < 1.29 is 23.9 Å². The lowest BCUT2D eigenvalue weighted by atomic mass is 9.54. The number of rotatable bonds is 5. The fourth-order valence-corrected chi connectivity index (χ4v) is 7.29. The fraction of sp³-hybridized carbons (Fsp3) is 0.241. The monoisotopic (exact) mass is 548 g/mol. The molecule has 7 nitrogen and oxygen atoms in total. The first-order chi connectivity index (χ1) is 18.2. The summed E-state index contributed by atoms with van der Waals surface area (Å²) in [6.07, 6.45) is -0.111. The van der Waals surface area contributed by atoms with Crippen molar-refractivity contribution in [3.63, 3.8) is 0 Å². The summed E-state index contributed by atoms with van der Waals surface area (Å²) >= 11 is 14.8. The number of amides is 3. The molecule has 1 saturated heterocycles. The molecule has 3 aromatic carbocycles. The van der Waals surface area contributed by atoms with Crippen molar-refractivity contribution >= 4 is 52.6 Å². The first kappa shape index (κ1) is 24.6. The number of ether oxygens (including phenoxy) is 1. The molecule has 7 rings (SSSR count). The maximum Gasteiger partial charge on any atom is 0.337 e. The van der Waals surface area contributed by atoms with Crippen LogP contribution in [0.4, 0.5) is 5.69 Å². The molecule has 3 amide bonds. The van der Waals surface area contributed by atoms with Gasteiger partial charge in [-0.2, -0.15) is 0 Å². The standard InChI is InChI=1S/C29H22Cl2N2O5/c1-38-27(37)16-10-12-17(13-11-16)32-22(34)14-15-33-25(35)23-24(26(33)36)29(31)19-7-3-2-6-18(19)28(23,30)20-8-4-5-9-21(20)29/h2-13,23-24H,14-15H2,1H3,(H,32,34)/t23-,24-,28?,29?/m1/s1. The number of hydrogen-bond donors (Lipinski definition) is 1. The van der Waals surface area contributed by atoms with Gasteiger partial charge >= 0.3 is 5.97 Å². The third kappa shape index (κ3) is 3.21. The molecule has 1 aliphatic heterocycles. The van der Waals surface area contributed by atoms with Gasteiger partial charge in [0.25, 0.3) is 0 Å². The molecule has 0 spiro atoms. The molecule has 1 N–H and O–H groups in total. The van der Waals surface area contributed by atoms with Crippen molar-refractivity contribution in [1.82, 2.24) is 4.90 Å². The lowest BCUT2D eigenvalue weighted by molar-refractivity contribution is -0.140. The summed E-state index contributed by atoms with van der Waals surface area (Å²) < 4.78 is 4.67. The van der Waals surface area contributed by atoms with Crippen LogP contribution in [0.2, 0.25) is 0 Å². The number of nitrogens with zero attached hydrogens (tertiary/aromatic N) is 1. The normalized spacial score (nSPS) is 26.4. The lowest BCUT2D eigenvalue weighted by Gasteiger charge is -2.54. The Labute approximate surface area is 228 Å². The summed E-state index contributed by atoms with van der Waals surface area (Å²) in [6, 6.07) is 21.1. The zero-order valence-electron chi connectivity index (χ0n) is 20.2. The summed E-state index contributed by atoms with van der Waals surface area (Å²) in [5.41, 5.74) is 3.74. The van der Waals surface area contributed by atoms with Crippen LogP contribution in [-0.2, 0) is 28.9 Å². The predicted octanol–water partition coefficient (Wildman–Crippen LogP) is 4.40. The number of benzene rings is 3. The second-order valence-electron chi connectivity index (χ2n) is 9.67. The smallest absolute Gasteiger partial charge is 0.337 e. The van der Waals surface area contributed by atoms with Gasteiger partial charge in [0.1, 0.15) is 9.75 Å². The minimum Gasteiger partial charge on any atom is -0.465 e. The van der Waals surface area contributed by atoms with Gasteiger partial charge in [0.15, 0.2) is 0 Å². The molecule has 38 heavy (non-hydrogen) atoms. The van der Waals surface area contributed by atoms with E-state index < -0.39 is 39.4 Å². The molecule has 192 valence electrons. The van der Waals surface area contributed by atoms with Gasteiger partial charge < -0.3 is 10.1 Å². The van der Waals surface area contributed by atoms with Crippen LogP contribution in [0.25, 0.3) is 0 Å². The van der Waals surface area contributed by atoms with Crippen LogP contribution in [0.3, 0.4) is 0 Å². The Morgan fingerprint density at radius 2 is 1.26 bits per heavy atom. The van der Waals surface area contributed by atoms with Crippen LogP contribution in [0.1, 0.15) is 39.0 Å². The van der Waals surface area contributed by atoms with Crippen molar-refractivity contribution in [2.75, 3.05) is 19.0 Å². The molecule has 2 atom stereocenters. The summed E-state index contributed by atoms with van der Waals surface area (Å²) in [6.45, 7) is -0.108. The first-order valence-corrected chi connectivity index (χ1v) is 12.9. The van der Waals surface area contributed by atoms with E-state index in [1.165, 1.54) is 19.2 Å². The van der Waals surface area contributed by atoms with E-state index >= 15 is 0 Å². The highest BCUT2D eigenvalue weighted by atomic mass is 35.5. The Hall–Kier alpha value is -3.68. The Morgan fingerprint density at radius 1 is 0.816 bits per heavy atom. The van der Waals surface area contributed by atoms with Crippen LogP contribution in [0.5, 0.6) is 0 Å². The van der Waals surface area contributed by atoms with Crippen LogP contribution >= 0.6 is 23.2 Å². The van der Waals surface area contributed by atoms with E-state index in [0.29, 0.717) is 11.3 Å². The first-order valence-electron chi connectivity index (χ1n) is 12.1. The zero-order valence-corrected chi connectivity index (χ0v) is 21.8. The number of carbonyl (C=O) groups excluding carboxylic acids is 4. The second-order valence-corrected chi connectivity index (χ2v) is 10.9. The van der Waals surface area contributed by atoms with Crippen LogP contribution in [-0.4, -0.2) is 42.2 Å². The summed E-state index contributed by atoms with van der Waals surface area (Å²) in [5.74, 6) is -3.52. The highest BCUT2D eigenvalue weighted by Gasteiger charge is 2.72. The van der Waals surface area contributed by atoms with Crippen LogP contribution < -0.4 is 5.32 Å². The van der Waals surface area contributed by atoms with Gasteiger partial charge in [0.05, 0.1) is 24.5 Å². The summed E-state index contributed by atoms with van der Waals surface area (Å²) in [5, 5.41) is 2.72. The lowest BCUT2D eigenvalue weighted by Crippen LogP contribution is -2.57. The van der Waals surface area contributed by atoms with Crippen LogP contribution in [0.15, 0.2) is 72.8 Å². The number of anilines is 1. The minimum atomic E-state index is -1.25. The van der Waals surface area contributed by atoms with E-state index in [4.69, 9.17) is 23.2 Å². The molecule has 3 aromatic rings. The second kappa shape index (κ2) is 8.68. The Morgan fingerprint density at radius 3 is 1.68 bits per heavy atom. The van der Waals surface area contributed by atoms with Crippen molar-refractivity contribution in [2.24, 2.45) is 11.8 Å². The van der Waals surface area contributed by atoms with E-state index in [9.17, 15) is 19.2 Å². The molecule has 4 aliphatic rings. The maximum atomic E-state index is 13.8. The number of likely N-dealkylation sites (tertiary alicyclic amines) is 1. The van der Waals surface area contributed by atoms with E-state index in [1.54, 1.807) is 12.1 Å². The van der Waals surface area contributed by atoms with Gasteiger partial charge in [-0.05, 0) is 46.5 Å². The topological polar surface area (TPSA) is 92.8 Å². The van der Waals surface area contributed by atoms with Gasteiger partial charge in [0.2, 0.25) is 17.7 Å². The van der Waals surface area contributed by atoms with Crippen molar-refractivity contribution in [2.45, 2.75) is 16.2 Å². The van der Waals surface area contributed by atoms with Gasteiger partial charge in [-0.15, -0.1) is 23.2 Å². The predicted molar refractivity (Wildman–Crippen MR) is 141 cm³/mol. The molecule has 2 bridgehead atoms. The Bertz CT molecular complexity index is 1400. The number of alkyl halides is 2. The number of imide groups is 1. The molecule has 1 fully saturated rings. The van der Waals surface area contributed by atoms with Crippen molar-refractivity contribution in [1.29, 1.82) is 0 Å². The summed E-state index contributed by atoms with van der Waals surface area (Å²) in [4.78, 5) is 50.5. The molecule has 9 heteroatoms. The maximum absolute atomic E-state index is 13.8. The van der Waals surface area contributed by atoms with Crippen LogP contribution in [0, 0.1) is 11.8 Å². The van der Waals surface area contributed by atoms with Gasteiger partial charge in [0, 0.05) is 18.7 Å². The van der Waals surface area contributed by atoms with E-state index in [0.717, 1.165) is 27.2 Å². The molecule has 3 aliphatic carbocycles. The average molecular weight is 549 g/mol. The molecular weight excluding hydrogens is 527 g/mol. The number of halogens is 2. The number of esters is 1. The number of hydrogen-bond acceptors (Lipinski definition) is 5. The third-order valence-corrected chi connectivity index (χ3v) is 9.11. The molecular formula is C29H22Cl2N2O5. The zero-order chi connectivity index (χ0) is 26.8. The Kier molecular flexibility index (Phi) is 5.63. The van der Waals surface area contributed by atoms with E-state index in [2.05, 4.69) is 10.1 Å². The van der Waals surface area contributed by atoms with Gasteiger partial charge in [-0.3, -0.25) is 19.3 Å². The largest absolute Gasteiger partial charge is 0.465 e. The Balaban J connectivity index is 1.27.